The van der Waals surface area contributed by atoms with Gasteiger partial charge < -0.3 is 20.4 Å². The van der Waals surface area contributed by atoms with Crippen LogP contribution in [0.2, 0.25) is 0 Å². The van der Waals surface area contributed by atoms with Gasteiger partial charge in [-0.2, -0.15) is 0 Å². The smallest absolute Gasteiger partial charge is 0.303 e. The summed E-state index contributed by atoms with van der Waals surface area (Å²) in [6.45, 7) is 3.69. The number of hydrogen-bond donors (Lipinski definition) is 4. The number of hydrogen-bond acceptors (Lipinski definition) is 4. The van der Waals surface area contributed by atoms with E-state index in [1.165, 1.54) is 0 Å². The summed E-state index contributed by atoms with van der Waals surface area (Å²) in [5.41, 5.74) is -0.306. The molecule has 0 aliphatic carbocycles. The molecule has 0 aliphatic heterocycles. The predicted octanol–water partition coefficient (Wildman–Crippen LogP) is -0.0670. The first-order valence-corrected chi connectivity index (χ1v) is 4.40. The van der Waals surface area contributed by atoms with Crippen LogP contribution in [0.5, 0.6) is 0 Å². The zero-order valence-electron chi connectivity index (χ0n) is 8.93. The molecule has 4 N–H and O–H groups in total. The molecular formula is C9H18O6. The molecule has 0 saturated heterocycles. The van der Waals surface area contributed by atoms with Gasteiger partial charge in [0.2, 0.25) is 0 Å². The second-order valence-electron chi connectivity index (χ2n) is 3.77. The topological polar surface area (TPSA) is 115 Å². The lowest BCUT2D eigenvalue weighted by Crippen LogP contribution is -2.20. The highest BCUT2D eigenvalue weighted by molar-refractivity contribution is 5.75. The Hall–Kier alpha value is -1.14. The van der Waals surface area contributed by atoms with Gasteiger partial charge in [-0.15, -0.1) is 0 Å². The molecule has 0 radical (unpaired) electrons. The number of aliphatic hydroxyl groups excluding tert-OH is 2. The van der Waals surface area contributed by atoms with Crippen LogP contribution in [0.25, 0.3) is 0 Å². The van der Waals surface area contributed by atoms with E-state index in [4.69, 9.17) is 20.4 Å². The Bertz CT molecular complexity index is 179. The van der Waals surface area contributed by atoms with Gasteiger partial charge >= 0.3 is 11.9 Å². The van der Waals surface area contributed by atoms with E-state index in [0.29, 0.717) is 0 Å². The zero-order chi connectivity index (χ0) is 12.5. The molecule has 0 aromatic rings. The molecule has 0 unspecified atom stereocenters. The second kappa shape index (κ2) is 8.19. The summed E-state index contributed by atoms with van der Waals surface area (Å²) in [5.74, 6) is -2.15. The molecule has 15 heavy (non-hydrogen) atoms. The fraction of sp³-hybridized carbons (Fsp3) is 0.778. The lowest BCUT2D eigenvalue weighted by atomic mass is 9.97. The van der Waals surface area contributed by atoms with Crippen molar-refractivity contribution in [3.63, 3.8) is 0 Å². The van der Waals surface area contributed by atoms with E-state index in [1.807, 2.05) is 0 Å². The molecule has 0 atom stereocenters. The van der Waals surface area contributed by atoms with Gasteiger partial charge in [0.05, 0.1) is 26.1 Å². The number of rotatable bonds is 5. The molecule has 0 aliphatic rings. The number of aliphatic hydroxyl groups is 2. The van der Waals surface area contributed by atoms with Crippen molar-refractivity contribution in [2.24, 2.45) is 5.41 Å². The van der Waals surface area contributed by atoms with Crippen LogP contribution in [0.3, 0.4) is 0 Å². The summed E-state index contributed by atoms with van der Waals surface area (Å²) in [6, 6.07) is 0. The van der Waals surface area contributed by atoms with E-state index >= 15 is 0 Å². The monoisotopic (exact) mass is 222 g/mol. The van der Waals surface area contributed by atoms with Crippen LogP contribution in [-0.4, -0.2) is 45.6 Å². The Morgan fingerprint density at radius 3 is 1.27 bits per heavy atom. The standard InChI is InChI=1S/C5H12O2.C4H6O4/c1-5(2,3-6)4-7;5-3(6)1-2-4(7)8/h6-7H,3-4H2,1-2H3;1-2H2,(H,5,6)(H,7,8). The van der Waals surface area contributed by atoms with E-state index in [2.05, 4.69) is 0 Å². The Morgan fingerprint density at radius 2 is 1.20 bits per heavy atom. The third kappa shape index (κ3) is 15.6. The maximum Gasteiger partial charge on any atom is 0.303 e. The molecule has 0 rings (SSSR count). The molecule has 0 aromatic carbocycles. The molecular weight excluding hydrogens is 204 g/mol. The highest BCUT2D eigenvalue weighted by Crippen LogP contribution is 2.10. The van der Waals surface area contributed by atoms with Gasteiger partial charge in [-0.3, -0.25) is 9.59 Å². The summed E-state index contributed by atoms with van der Waals surface area (Å²) in [6.07, 6.45) is -0.593. The third-order valence-corrected chi connectivity index (χ3v) is 1.41. The van der Waals surface area contributed by atoms with E-state index in [0.717, 1.165) is 0 Å². The summed E-state index contributed by atoms with van der Waals surface area (Å²) >= 11 is 0. The summed E-state index contributed by atoms with van der Waals surface area (Å²) in [7, 11) is 0. The van der Waals surface area contributed by atoms with Crippen molar-refractivity contribution in [2.45, 2.75) is 26.7 Å². The molecule has 6 nitrogen and oxygen atoms in total. The average Bonchev–Trinajstić information content (AvgIpc) is 2.16. The Kier molecular flexibility index (Phi) is 8.90. The van der Waals surface area contributed by atoms with Crippen LogP contribution in [0.4, 0.5) is 0 Å². The number of carbonyl (C=O) groups is 2. The van der Waals surface area contributed by atoms with E-state index < -0.39 is 11.9 Å². The van der Waals surface area contributed by atoms with Gasteiger partial charge in [0.15, 0.2) is 0 Å². The fourth-order valence-corrected chi connectivity index (χ4v) is 0.264. The normalized spacial score (nSPS) is 10.1. The maximum atomic E-state index is 9.64. The van der Waals surface area contributed by atoms with Crippen molar-refractivity contribution < 1.29 is 30.0 Å². The molecule has 0 fully saturated rings. The number of aliphatic carboxylic acids is 2. The fourth-order valence-electron chi connectivity index (χ4n) is 0.264. The van der Waals surface area contributed by atoms with Gasteiger partial charge in [-0.25, -0.2) is 0 Å². The average molecular weight is 222 g/mol. The first-order chi connectivity index (χ1) is 6.75. The van der Waals surface area contributed by atoms with E-state index in [-0.39, 0.29) is 31.5 Å². The van der Waals surface area contributed by atoms with Gasteiger partial charge in [0.1, 0.15) is 0 Å². The minimum absolute atomic E-state index is 0.0451. The van der Waals surface area contributed by atoms with Crippen molar-refractivity contribution in [3.8, 4) is 0 Å². The van der Waals surface area contributed by atoms with Gasteiger partial charge in [-0.1, -0.05) is 13.8 Å². The van der Waals surface area contributed by atoms with Gasteiger partial charge in [0, 0.05) is 5.41 Å². The van der Waals surface area contributed by atoms with Crippen LogP contribution in [0, 0.1) is 5.41 Å². The van der Waals surface area contributed by atoms with Crippen LogP contribution in [0.1, 0.15) is 26.7 Å². The molecule has 0 aromatic heterocycles. The highest BCUT2D eigenvalue weighted by atomic mass is 16.4. The van der Waals surface area contributed by atoms with E-state index in [9.17, 15) is 9.59 Å². The Morgan fingerprint density at radius 1 is 0.933 bits per heavy atom. The molecule has 0 amide bonds. The quantitative estimate of drug-likeness (QED) is 0.517. The maximum absolute atomic E-state index is 9.64. The summed E-state index contributed by atoms with van der Waals surface area (Å²) < 4.78 is 0. The predicted molar refractivity (Wildman–Crippen MR) is 52.5 cm³/mol. The van der Waals surface area contributed by atoms with Crippen molar-refractivity contribution in [3.05, 3.63) is 0 Å². The molecule has 0 bridgehead atoms. The van der Waals surface area contributed by atoms with E-state index in [1.54, 1.807) is 13.8 Å². The lowest BCUT2D eigenvalue weighted by molar-refractivity contribution is -0.143. The van der Waals surface area contributed by atoms with Crippen molar-refractivity contribution in [1.82, 2.24) is 0 Å². The summed E-state index contributed by atoms with van der Waals surface area (Å²) in [5, 5.41) is 32.7. The summed E-state index contributed by atoms with van der Waals surface area (Å²) in [4.78, 5) is 19.3. The largest absolute Gasteiger partial charge is 0.481 e. The third-order valence-electron chi connectivity index (χ3n) is 1.41. The molecule has 0 saturated carbocycles. The van der Waals surface area contributed by atoms with Crippen LogP contribution in [-0.2, 0) is 9.59 Å². The minimum atomic E-state index is -1.08. The number of carboxylic acids is 2. The first-order valence-electron chi connectivity index (χ1n) is 4.40. The number of carboxylic acid groups (broad SMARTS) is 2. The second-order valence-corrected chi connectivity index (χ2v) is 3.77. The Balaban J connectivity index is 0. The minimum Gasteiger partial charge on any atom is -0.481 e. The van der Waals surface area contributed by atoms with Crippen LogP contribution < -0.4 is 0 Å². The molecule has 6 heteroatoms. The lowest BCUT2D eigenvalue weighted by Gasteiger charge is -2.16. The van der Waals surface area contributed by atoms with Gasteiger partial charge in [0.25, 0.3) is 0 Å². The van der Waals surface area contributed by atoms with Crippen molar-refractivity contribution >= 4 is 11.9 Å². The van der Waals surface area contributed by atoms with Crippen molar-refractivity contribution in [2.75, 3.05) is 13.2 Å². The molecule has 0 spiro atoms. The van der Waals surface area contributed by atoms with Crippen LogP contribution >= 0.6 is 0 Å². The SMILES string of the molecule is CC(C)(CO)CO.O=C(O)CCC(=O)O. The Labute approximate surface area is 88.2 Å². The van der Waals surface area contributed by atoms with Crippen LogP contribution in [0.15, 0.2) is 0 Å². The molecule has 90 valence electrons. The van der Waals surface area contributed by atoms with Crippen molar-refractivity contribution in [1.29, 1.82) is 0 Å². The highest BCUT2D eigenvalue weighted by Gasteiger charge is 2.13. The molecule has 0 heterocycles. The first kappa shape index (κ1) is 16.3. The zero-order valence-corrected chi connectivity index (χ0v) is 8.93. The van der Waals surface area contributed by atoms with Gasteiger partial charge in [-0.05, 0) is 0 Å².